The number of nitrogens with zero attached hydrogens (tertiary/aromatic N) is 2. The molecule has 1 fully saturated rings. The molecular formula is C35H45N3O4. The molecule has 1 saturated heterocycles. The van der Waals surface area contributed by atoms with Gasteiger partial charge in [-0.15, -0.1) is 0 Å². The van der Waals surface area contributed by atoms with Crippen LogP contribution in [-0.2, 0) is 29.1 Å². The highest BCUT2D eigenvalue weighted by Crippen LogP contribution is 2.23. The summed E-state index contributed by atoms with van der Waals surface area (Å²) in [5, 5.41) is 2.98. The van der Waals surface area contributed by atoms with E-state index in [1.54, 1.807) is 4.90 Å². The predicted octanol–water partition coefficient (Wildman–Crippen LogP) is 5.53. The summed E-state index contributed by atoms with van der Waals surface area (Å²) < 4.78 is 11.9. The van der Waals surface area contributed by atoms with E-state index in [-0.39, 0.29) is 18.4 Å². The van der Waals surface area contributed by atoms with E-state index in [0.29, 0.717) is 31.9 Å². The molecule has 0 bridgehead atoms. The van der Waals surface area contributed by atoms with Gasteiger partial charge in [-0.2, -0.15) is 0 Å². The average Bonchev–Trinajstić information content (AvgIpc) is 3.22. The number of rotatable bonds is 14. The average molecular weight is 572 g/mol. The van der Waals surface area contributed by atoms with Crippen LogP contribution in [0.3, 0.4) is 0 Å². The summed E-state index contributed by atoms with van der Waals surface area (Å²) >= 11 is 0. The lowest BCUT2D eigenvalue weighted by Gasteiger charge is -2.30. The van der Waals surface area contributed by atoms with Crippen LogP contribution in [-0.4, -0.2) is 61.0 Å². The minimum absolute atomic E-state index is 0.0963. The first-order valence-electron chi connectivity index (χ1n) is 15.2. The summed E-state index contributed by atoms with van der Waals surface area (Å²) in [6, 6.07) is 23.8. The van der Waals surface area contributed by atoms with Gasteiger partial charge < -0.3 is 24.6 Å². The van der Waals surface area contributed by atoms with E-state index in [1.165, 1.54) is 5.56 Å². The molecule has 224 valence electrons. The van der Waals surface area contributed by atoms with Crippen LogP contribution in [0.25, 0.3) is 0 Å². The number of amides is 2. The summed E-state index contributed by atoms with van der Waals surface area (Å²) in [5.74, 6) is 1.20. The first kappa shape index (κ1) is 31.1. The van der Waals surface area contributed by atoms with Gasteiger partial charge in [-0.05, 0) is 86.5 Å². The van der Waals surface area contributed by atoms with Gasteiger partial charge in [0.1, 0.15) is 17.5 Å². The van der Waals surface area contributed by atoms with Crippen LogP contribution in [0.15, 0.2) is 72.8 Å². The topological polar surface area (TPSA) is 71.1 Å². The number of carbonyl (C=O) groups is 2. The number of ether oxygens (including phenoxy) is 2. The largest absolute Gasteiger partial charge is 0.493 e. The number of hydrogen-bond acceptors (Lipinski definition) is 5. The number of aryl methyl sites for hydroxylation is 1. The van der Waals surface area contributed by atoms with Crippen LogP contribution in [0.4, 0.5) is 0 Å². The number of benzene rings is 3. The number of nitrogens with one attached hydrogen (secondary N) is 1. The molecule has 1 unspecified atom stereocenters. The number of carbonyl (C=O) groups excluding carboxylic acids is 2. The zero-order valence-electron chi connectivity index (χ0n) is 25.3. The van der Waals surface area contributed by atoms with Gasteiger partial charge in [-0.3, -0.25) is 9.59 Å². The van der Waals surface area contributed by atoms with Crippen LogP contribution >= 0.6 is 0 Å². The fraction of sp³-hybridized carbons (Fsp3) is 0.429. The molecule has 3 aromatic rings. The van der Waals surface area contributed by atoms with Crippen LogP contribution in [0.1, 0.15) is 54.9 Å². The molecule has 3 aromatic carbocycles. The van der Waals surface area contributed by atoms with Gasteiger partial charge in [-0.1, -0.05) is 61.5 Å². The van der Waals surface area contributed by atoms with Crippen molar-refractivity contribution in [3.8, 4) is 11.5 Å². The molecule has 0 saturated carbocycles. The second kappa shape index (κ2) is 16.0. The molecule has 1 atom stereocenters. The molecule has 4 rings (SSSR count). The van der Waals surface area contributed by atoms with Crippen LogP contribution in [0.2, 0.25) is 0 Å². The smallest absolute Gasteiger partial charge is 0.261 e. The predicted molar refractivity (Wildman–Crippen MR) is 167 cm³/mol. The second-order valence-electron chi connectivity index (χ2n) is 11.2. The van der Waals surface area contributed by atoms with Crippen LogP contribution in [0.5, 0.6) is 11.5 Å². The maximum atomic E-state index is 13.6. The Morgan fingerprint density at radius 2 is 1.71 bits per heavy atom. The second-order valence-corrected chi connectivity index (χ2v) is 11.2. The van der Waals surface area contributed by atoms with Crippen LogP contribution < -0.4 is 14.8 Å². The van der Waals surface area contributed by atoms with Gasteiger partial charge >= 0.3 is 0 Å². The number of hydrogen-bond donors (Lipinski definition) is 1. The molecule has 7 nitrogen and oxygen atoms in total. The molecule has 0 aromatic heterocycles. The molecule has 1 aliphatic rings. The van der Waals surface area contributed by atoms with Gasteiger partial charge in [-0.25, -0.2) is 0 Å². The highest BCUT2D eigenvalue weighted by Gasteiger charge is 2.31. The zero-order valence-corrected chi connectivity index (χ0v) is 25.3. The minimum Gasteiger partial charge on any atom is -0.493 e. The van der Waals surface area contributed by atoms with Crippen molar-refractivity contribution in [1.82, 2.24) is 15.1 Å². The summed E-state index contributed by atoms with van der Waals surface area (Å²) in [7, 11) is 2.11. The van der Waals surface area contributed by atoms with Crippen molar-refractivity contribution >= 4 is 11.8 Å². The molecule has 2 amide bonds. The normalized spacial score (nSPS) is 15.1. The molecule has 1 aliphatic heterocycles. The summed E-state index contributed by atoms with van der Waals surface area (Å²) in [4.78, 5) is 30.6. The van der Waals surface area contributed by atoms with Crippen molar-refractivity contribution in [2.24, 2.45) is 0 Å². The Labute approximate surface area is 250 Å². The zero-order chi connectivity index (χ0) is 29.7. The summed E-state index contributed by atoms with van der Waals surface area (Å²) in [6.07, 6.45) is 4.36. The Morgan fingerprint density at radius 1 is 0.929 bits per heavy atom. The van der Waals surface area contributed by atoms with E-state index in [0.717, 1.165) is 61.2 Å². The molecule has 0 radical (unpaired) electrons. The summed E-state index contributed by atoms with van der Waals surface area (Å²) in [6.45, 7) is 7.32. The third kappa shape index (κ3) is 9.35. The minimum atomic E-state index is -0.524. The van der Waals surface area contributed by atoms with E-state index < -0.39 is 6.04 Å². The highest BCUT2D eigenvalue weighted by atomic mass is 16.5. The first-order valence-corrected chi connectivity index (χ1v) is 15.2. The monoisotopic (exact) mass is 571 g/mol. The van der Waals surface area contributed by atoms with E-state index in [2.05, 4.69) is 54.5 Å². The Kier molecular flexibility index (Phi) is 11.8. The Hall–Kier alpha value is -3.84. The maximum Gasteiger partial charge on any atom is 0.261 e. The molecule has 1 heterocycles. The molecule has 0 spiro atoms. The van der Waals surface area contributed by atoms with E-state index in [1.807, 2.05) is 49.4 Å². The maximum absolute atomic E-state index is 13.6. The standard InChI is InChI=1S/C35H45N3O4/c1-4-21-41-33-17-16-30(22-27(33)2)25-38(32-15-8-9-19-36-35(32)40)34(39)26-42-31-14-10-13-29(23-31)24-37(3)20-18-28-11-6-5-7-12-28/h5-7,10-14,16-17,22-23,32H,4,8-9,15,18-21,24-26H2,1-3H3,(H,36,40). The molecule has 7 heteroatoms. The van der Waals surface area contributed by atoms with Crippen molar-refractivity contribution in [3.05, 3.63) is 95.1 Å². The van der Waals surface area contributed by atoms with E-state index in [4.69, 9.17) is 9.47 Å². The van der Waals surface area contributed by atoms with Gasteiger partial charge in [0.2, 0.25) is 5.91 Å². The molecular weight excluding hydrogens is 526 g/mol. The fourth-order valence-corrected chi connectivity index (χ4v) is 5.29. The fourth-order valence-electron chi connectivity index (χ4n) is 5.29. The lowest BCUT2D eigenvalue weighted by Crippen LogP contribution is -2.49. The van der Waals surface area contributed by atoms with Gasteiger partial charge in [0, 0.05) is 26.2 Å². The van der Waals surface area contributed by atoms with Crippen molar-refractivity contribution in [2.75, 3.05) is 33.4 Å². The summed E-state index contributed by atoms with van der Waals surface area (Å²) in [5.41, 5.74) is 4.42. The van der Waals surface area contributed by atoms with Crippen molar-refractivity contribution in [3.63, 3.8) is 0 Å². The number of likely N-dealkylation sites (N-methyl/N-ethyl adjacent to an activating group) is 1. The van der Waals surface area contributed by atoms with Gasteiger partial charge in [0.05, 0.1) is 6.61 Å². The van der Waals surface area contributed by atoms with Crippen molar-refractivity contribution in [1.29, 1.82) is 0 Å². The molecule has 0 aliphatic carbocycles. The SMILES string of the molecule is CCCOc1ccc(CN(C(=O)COc2cccc(CN(C)CCc3ccccc3)c2)C2CCCCNC2=O)cc1C. The van der Waals surface area contributed by atoms with Crippen molar-refractivity contribution < 1.29 is 19.1 Å². The lowest BCUT2D eigenvalue weighted by molar-refractivity contribution is -0.142. The van der Waals surface area contributed by atoms with E-state index >= 15 is 0 Å². The van der Waals surface area contributed by atoms with Crippen LogP contribution in [0, 0.1) is 6.92 Å². The quantitative estimate of drug-likeness (QED) is 0.275. The van der Waals surface area contributed by atoms with E-state index in [9.17, 15) is 9.59 Å². The lowest BCUT2D eigenvalue weighted by atomic mass is 10.1. The Balaban J connectivity index is 1.40. The Morgan fingerprint density at radius 3 is 2.50 bits per heavy atom. The third-order valence-corrected chi connectivity index (χ3v) is 7.60. The first-order chi connectivity index (χ1) is 20.4. The third-order valence-electron chi connectivity index (χ3n) is 7.60. The van der Waals surface area contributed by atoms with Crippen molar-refractivity contribution in [2.45, 2.75) is 65.1 Å². The van der Waals surface area contributed by atoms with Gasteiger partial charge in [0.25, 0.3) is 5.91 Å². The molecule has 42 heavy (non-hydrogen) atoms. The Bertz CT molecular complexity index is 1300. The molecule has 1 N–H and O–H groups in total. The van der Waals surface area contributed by atoms with Gasteiger partial charge in [0.15, 0.2) is 6.61 Å². The highest BCUT2D eigenvalue weighted by molar-refractivity contribution is 5.88.